The number of esters is 1. The maximum Gasteiger partial charge on any atom is 0.410 e. The molecule has 1 aliphatic rings. The van der Waals surface area contributed by atoms with Gasteiger partial charge >= 0.3 is 12.1 Å². The molecule has 1 heterocycles. The molecule has 22 heavy (non-hydrogen) atoms. The van der Waals surface area contributed by atoms with Crippen LogP contribution in [0.3, 0.4) is 0 Å². The SMILES string of the molecule is CCOC(=O)C1(F)CCCN(C(=O)OCc2ccccc2)C1. The molecule has 1 fully saturated rings. The van der Waals surface area contributed by atoms with Crippen LogP contribution in [0.2, 0.25) is 0 Å². The highest BCUT2D eigenvalue weighted by atomic mass is 19.1. The number of carbonyl (C=O) groups excluding carboxylic acids is 2. The number of ether oxygens (including phenoxy) is 2. The lowest BCUT2D eigenvalue weighted by Gasteiger charge is -2.34. The third-order valence-corrected chi connectivity index (χ3v) is 3.55. The van der Waals surface area contributed by atoms with Gasteiger partial charge in [-0.3, -0.25) is 0 Å². The Bertz CT molecular complexity index is 522. The Morgan fingerprint density at radius 2 is 2.00 bits per heavy atom. The van der Waals surface area contributed by atoms with E-state index < -0.39 is 17.7 Å². The number of halogens is 1. The van der Waals surface area contributed by atoms with Crippen molar-refractivity contribution in [2.75, 3.05) is 19.7 Å². The molecular weight excluding hydrogens is 289 g/mol. The molecule has 2 rings (SSSR count). The summed E-state index contributed by atoms with van der Waals surface area (Å²) >= 11 is 0. The Morgan fingerprint density at radius 1 is 1.27 bits per heavy atom. The summed E-state index contributed by atoms with van der Waals surface area (Å²) in [6.45, 7) is 1.91. The summed E-state index contributed by atoms with van der Waals surface area (Å²) < 4.78 is 24.5. The molecule has 0 saturated carbocycles. The van der Waals surface area contributed by atoms with Crippen LogP contribution in [0.25, 0.3) is 0 Å². The molecule has 0 bridgehead atoms. The lowest BCUT2D eigenvalue weighted by molar-refractivity contribution is -0.160. The Kier molecular flexibility index (Phi) is 5.35. The number of alkyl halides is 1. The average molecular weight is 309 g/mol. The van der Waals surface area contributed by atoms with Crippen LogP contribution in [-0.4, -0.2) is 42.3 Å². The van der Waals surface area contributed by atoms with Crippen molar-refractivity contribution in [2.45, 2.75) is 32.0 Å². The number of hydrogen-bond acceptors (Lipinski definition) is 4. The predicted molar refractivity (Wildman–Crippen MR) is 77.9 cm³/mol. The fourth-order valence-electron chi connectivity index (χ4n) is 2.40. The van der Waals surface area contributed by atoms with Crippen molar-refractivity contribution in [1.29, 1.82) is 0 Å². The van der Waals surface area contributed by atoms with E-state index in [4.69, 9.17) is 9.47 Å². The molecular formula is C16H20FNO4. The van der Waals surface area contributed by atoms with Crippen LogP contribution in [0.15, 0.2) is 30.3 Å². The monoisotopic (exact) mass is 309 g/mol. The van der Waals surface area contributed by atoms with Gasteiger partial charge in [0, 0.05) is 6.54 Å². The Balaban J connectivity index is 1.91. The smallest absolute Gasteiger partial charge is 0.410 e. The van der Waals surface area contributed by atoms with Crippen LogP contribution < -0.4 is 0 Å². The zero-order valence-electron chi connectivity index (χ0n) is 12.6. The molecule has 1 saturated heterocycles. The molecule has 1 unspecified atom stereocenters. The summed E-state index contributed by atoms with van der Waals surface area (Å²) in [6, 6.07) is 9.23. The van der Waals surface area contributed by atoms with Crippen molar-refractivity contribution in [1.82, 2.24) is 4.90 Å². The lowest BCUT2D eigenvalue weighted by Crippen LogP contribution is -2.52. The third kappa shape index (κ3) is 3.96. The standard InChI is InChI=1S/C16H20FNO4/c1-2-21-14(19)16(17)9-6-10-18(12-16)15(20)22-11-13-7-4-3-5-8-13/h3-5,7-8H,2,6,9-12H2,1H3. The van der Waals surface area contributed by atoms with Crippen molar-refractivity contribution in [3.8, 4) is 0 Å². The zero-order valence-corrected chi connectivity index (χ0v) is 12.6. The first-order valence-corrected chi connectivity index (χ1v) is 7.37. The number of nitrogens with zero attached hydrogens (tertiary/aromatic N) is 1. The number of piperidine rings is 1. The van der Waals surface area contributed by atoms with E-state index >= 15 is 0 Å². The van der Waals surface area contributed by atoms with E-state index in [1.807, 2.05) is 30.3 Å². The molecule has 0 spiro atoms. The Morgan fingerprint density at radius 3 is 2.68 bits per heavy atom. The zero-order chi connectivity index (χ0) is 16.0. The van der Waals surface area contributed by atoms with Crippen LogP contribution in [0.4, 0.5) is 9.18 Å². The highest BCUT2D eigenvalue weighted by molar-refractivity contribution is 5.81. The Labute approximate surface area is 129 Å². The first-order chi connectivity index (χ1) is 10.5. The summed E-state index contributed by atoms with van der Waals surface area (Å²) in [6.07, 6.45) is -0.154. The molecule has 5 nitrogen and oxygen atoms in total. The normalized spacial score (nSPS) is 21.3. The number of likely N-dealkylation sites (tertiary alicyclic amines) is 1. The van der Waals surface area contributed by atoms with E-state index in [0.29, 0.717) is 13.0 Å². The average Bonchev–Trinajstić information content (AvgIpc) is 2.54. The quantitative estimate of drug-likeness (QED) is 0.802. The van der Waals surface area contributed by atoms with E-state index in [1.165, 1.54) is 4.90 Å². The highest BCUT2D eigenvalue weighted by Crippen LogP contribution is 2.27. The molecule has 0 aliphatic carbocycles. The maximum atomic E-state index is 14.6. The van der Waals surface area contributed by atoms with Gasteiger partial charge in [0.2, 0.25) is 5.67 Å². The molecule has 0 aromatic heterocycles. The second-order valence-corrected chi connectivity index (χ2v) is 5.25. The number of carbonyl (C=O) groups is 2. The predicted octanol–water partition coefficient (Wildman–Crippen LogP) is 2.69. The van der Waals surface area contributed by atoms with Crippen molar-refractivity contribution in [3.05, 3.63) is 35.9 Å². The molecule has 1 aromatic carbocycles. The molecule has 120 valence electrons. The van der Waals surface area contributed by atoms with Gasteiger partial charge in [-0.1, -0.05) is 30.3 Å². The molecule has 1 atom stereocenters. The van der Waals surface area contributed by atoms with Crippen LogP contribution in [0, 0.1) is 0 Å². The fourth-order valence-corrected chi connectivity index (χ4v) is 2.40. The number of rotatable bonds is 4. The molecule has 0 radical (unpaired) electrons. The minimum atomic E-state index is -2.14. The number of hydrogen-bond donors (Lipinski definition) is 0. The minimum absolute atomic E-state index is 0.0638. The van der Waals surface area contributed by atoms with Crippen molar-refractivity contribution < 1.29 is 23.5 Å². The van der Waals surface area contributed by atoms with Crippen LogP contribution in [-0.2, 0) is 20.9 Å². The second-order valence-electron chi connectivity index (χ2n) is 5.25. The summed E-state index contributed by atoms with van der Waals surface area (Å²) in [7, 11) is 0. The Hall–Kier alpha value is -2.11. The van der Waals surface area contributed by atoms with E-state index in [9.17, 15) is 14.0 Å². The molecule has 1 amide bonds. The van der Waals surface area contributed by atoms with Crippen LogP contribution in [0.5, 0.6) is 0 Å². The highest BCUT2D eigenvalue weighted by Gasteiger charge is 2.45. The van der Waals surface area contributed by atoms with Gasteiger partial charge in [-0.25, -0.2) is 14.0 Å². The van der Waals surface area contributed by atoms with Gasteiger partial charge in [-0.2, -0.15) is 0 Å². The van der Waals surface area contributed by atoms with Crippen molar-refractivity contribution in [2.24, 2.45) is 0 Å². The van der Waals surface area contributed by atoms with Crippen LogP contribution in [0.1, 0.15) is 25.3 Å². The van der Waals surface area contributed by atoms with E-state index in [2.05, 4.69) is 0 Å². The van der Waals surface area contributed by atoms with Gasteiger partial charge in [-0.15, -0.1) is 0 Å². The largest absolute Gasteiger partial charge is 0.464 e. The van der Waals surface area contributed by atoms with Gasteiger partial charge in [0.15, 0.2) is 0 Å². The van der Waals surface area contributed by atoms with Gasteiger partial charge in [0.1, 0.15) is 6.61 Å². The molecule has 1 aromatic rings. The first-order valence-electron chi connectivity index (χ1n) is 7.37. The first kappa shape index (κ1) is 16.3. The van der Waals surface area contributed by atoms with E-state index in [-0.39, 0.29) is 26.2 Å². The molecule has 0 N–H and O–H groups in total. The molecule has 6 heteroatoms. The van der Waals surface area contributed by atoms with Crippen molar-refractivity contribution in [3.63, 3.8) is 0 Å². The van der Waals surface area contributed by atoms with Crippen molar-refractivity contribution >= 4 is 12.1 Å². The summed E-state index contributed by atoms with van der Waals surface area (Å²) in [5.41, 5.74) is -1.29. The van der Waals surface area contributed by atoms with Gasteiger partial charge in [0.25, 0.3) is 0 Å². The van der Waals surface area contributed by atoms with Gasteiger partial charge in [0.05, 0.1) is 13.2 Å². The summed E-state index contributed by atoms with van der Waals surface area (Å²) in [5.74, 6) is -0.907. The van der Waals surface area contributed by atoms with Gasteiger partial charge in [-0.05, 0) is 25.3 Å². The van der Waals surface area contributed by atoms with E-state index in [1.54, 1.807) is 6.92 Å². The maximum absolute atomic E-state index is 14.6. The minimum Gasteiger partial charge on any atom is -0.464 e. The fraction of sp³-hybridized carbons (Fsp3) is 0.500. The van der Waals surface area contributed by atoms with E-state index in [0.717, 1.165) is 5.56 Å². The third-order valence-electron chi connectivity index (χ3n) is 3.55. The van der Waals surface area contributed by atoms with Crippen LogP contribution >= 0.6 is 0 Å². The van der Waals surface area contributed by atoms with Gasteiger partial charge < -0.3 is 14.4 Å². The molecule has 1 aliphatic heterocycles. The number of benzene rings is 1. The topological polar surface area (TPSA) is 55.8 Å². The lowest BCUT2D eigenvalue weighted by atomic mass is 9.95. The summed E-state index contributed by atoms with van der Waals surface area (Å²) in [5, 5.41) is 0. The second kappa shape index (κ2) is 7.24. The number of amides is 1. The summed E-state index contributed by atoms with van der Waals surface area (Å²) in [4.78, 5) is 24.9.